The van der Waals surface area contributed by atoms with Crippen molar-refractivity contribution in [1.29, 1.82) is 0 Å². The second kappa shape index (κ2) is 8.70. The molecule has 0 saturated carbocycles. The zero-order valence-corrected chi connectivity index (χ0v) is 18.7. The number of hydrogen-bond acceptors (Lipinski definition) is 4. The van der Waals surface area contributed by atoms with Crippen molar-refractivity contribution in [3.05, 3.63) is 29.6 Å². The number of likely N-dealkylation sites (tertiary alicyclic amines) is 1. The zero-order valence-electron chi connectivity index (χ0n) is 18.7. The molecule has 5 rings (SSSR count). The summed E-state index contributed by atoms with van der Waals surface area (Å²) in [5.74, 6) is -0.331. The van der Waals surface area contributed by atoms with Gasteiger partial charge in [0.25, 0.3) is 0 Å². The van der Waals surface area contributed by atoms with E-state index < -0.39 is 5.41 Å². The van der Waals surface area contributed by atoms with Gasteiger partial charge in [-0.25, -0.2) is 4.39 Å². The molecule has 4 saturated heterocycles. The van der Waals surface area contributed by atoms with Crippen LogP contribution in [0.5, 0.6) is 0 Å². The predicted molar refractivity (Wildman–Crippen MR) is 120 cm³/mol. The van der Waals surface area contributed by atoms with Gasteiger partial charge in [0.15, 0.2) is 0 Å². The van der Waals surface area contributed by atoms with Crippen LogP contribution in [0.4, 0.5) is 10.1 Å². The second-order valence-electron chi connectivity index (χ2n) is 9.96. The number of carbonyl (C=O) groups is 1. The average molecular weight is 430 g/mol. The lowest BCUT2D eigenvalue weighted by molar-refractivity contribution is -0.134. The van der Waals surface area contributed by atoms with Crippen molar-refractivity contribution in [2.24, 2.45) is 5.41 Å². The standard InChI is InChI=1S/C25H36FN3O2/c1-2-4-18-5-3-12-29(18)20-8-13-28(16-20)19-6-7-21(23(26)15-19)22-17-31-14-10-25(22)9-11-27-24(25)30/h6-7,15,18,20,22H,2-5,8-14,16-17H2,1H3,(H,27,30). The van der Waals surface area contributed by atoms with E-state index in [4.69, 9.17) is 4.74 Å². The molecule has 1 amide bonds. The summed E-state index contributed by atoms with van der Waals surface area (Å²) >= 11 is 0. The van der Waals surface area contributed by atoms with E-state index in [1.807, 2.05) is 6.07 Å². The Morgan fingerprint density at radius 1 is 1.26 bits per heavy atom. The topological polar surface area (TPSA) is 44.8 Å². The van der Waals surface area contributed by atoms with Crippen LogP contribution in [0.2, 0.25) is 0 Å². The van der Waals surface area contributed by atoms with Crippen molar-refractivity contribution in [1.82, 2.24) is 10.2 Å². The van der Waals surface area contributed by atoms with Gasteiger partial charge < -0.3 is 15.0 Å². The van der Waals surface area contributed by atoms with Crippen LogP contribution in [0.1, 0.15) is 63.4 Å². The minimum Gasteiger partial charge on any atom is -0.381 e. The Balaban J connectivity index is 1.32. The number of nitrogens with zero attached hydrogens (tertiary/aromatic N) is 2. The van der Waals surface area contributed by atoms with Gasteiger partial charge >= 0.3 is 0 Å². The van der Waals surface area contributed by atoms with E-state index in [-0.39, 0.29) is 17.6 Å². The quantitative estimate of drug-likeness (QED) is 0.776. The summed E-state index contributed by atoms with van der Waals surface area (Å²) in [6.07, 6.45) is 7.77. The van der Waals surface area contributed by atoms with Crippen LogP contribution in [0.15, 0.2) is 18.2 Å². The Morgan fingerprint density at radius 3 is 2.94 bits per heavy atom. The number of nitrogens with one attached hydrogen (secondary N) is 1. The number of benzene rings is 1. The van der Waals surface area contributed by atoms with Crippen molar-refractivity contribution in [2.75, 3.05) is 44.3 Å². The Bertz CT molecular complexity index is 818. The first kappa shape index (κ1) is 21.2. The zero-order chi connectivity index (χ0) is 21.4. The van der Waals surface area contributed by atoms with Crippen LogP contribution in [-0.2, 0) is 9.53 Å². The molecular weight excluding hydrogens is 393 g/mol. The Kier molecular flexibility index (Phi) is 5.95. The monoisotopic (exact) mass is 429 g/mol. The molecule has 1 aromatic carbocycles. The highest BCUT2D eigenvalue weighted by molar-refractivity contribution is 5.86. The molecule has 0 aliphatic carbocycles. The van der Waals surface area contributed by atoms with E-state index in [0.717, 1.165) is 37.7 Å². The van der Waals surface area contributed by atoms with Crippen molar-refractivity contribution >= 4 is 11.6 Å². The maximum atomic E-state index is 15.4. The molecule has 0 aromatic heterocycles. The summed E-state index contributed by atoms with van der Waals surface area (Å²) in [5.41, 5.74) is 1.10. The molecule has 0 bridgehead atoms. The highest BCUT2D eigenvalue weighted by Gasteiger charge is 2.51. The number of ether oxygens (including phenoxy) is 1. The fourth-order valence-corrected chi connectivity index (χ4v) is 6.66. The van der Waals surface area contributed by atoms with E-state index in [0.29, 0.717) is 37.8 Å². The molecule has 6 heteroatoms. The lowest BCUT2D eigenvalue weighted by Gasteiger charge is -2.39. The highest BCUT2D eigenvalue weighted by Crippen LogP contribution is 2.48. The third kappa shape index (κ3) is 3.76. The van der Waals surface area contributed by atoms with Gasteiger partial charge in [-0.15, -0.1) is 0 Å². The number of carbonyl (C=O) groups excluding carboxylic acids is 1. The van der Waals surface area contributed by atoms with Gasteiger partial charge in [-0.3, -0.25) is 9.69 Å². The first-order valence-electron chi connectivity index (χ1n) is 12.3. The second-order valence-corrected chi connectivity index (χ2v) is 9.96. The van der Waals surface area contributed by atoms with Gasteiger partial charge in [0.05, 0.1) is 12.0 Å². The van der Waals surface area contributed by atoms with Crippen molar-refractivity contribution in [3.8, 4) is 0 Å². The van der Waals surface area contributed by atoms with E-state index >= 15 is 4.39 Å². The van der Waals surface area contributed by atoms with Crippen LogP contribution in [-0.4, -0.2) is 62.3 Å². The summed E-state index contributed by atoms with van der Waals surface area (Å²) in [7, 11) is 0. The lowest BCUT2D eigenvalue weighted by Crippen LogP contribution is -2.43. The van der Waals surface area contributed by atoms with Crippen molar-refractivity contribution < 1.29 is 13.9 Å². The third-order valence-corrected chi connectivity index (χ3v) is 8.35. The minimum absolute atomic E-state index is 0.0684. The van der Waals surface area contributed by atoms with Gasteiger partial charge in [0.2, 0.25) is 5.91 Å². The van der Waals surface area contributed by atoms with Crippen LogP contribution < -0.4 is 10.2 Å². The largest absolute Gasteiger partial charge is 0.381 e. The number of rotatable bonds is 5. The Hall–Kier alpha value is -1.66. The van der Waals surface area contributed by atoms with Gasteiger partial charge in [-0.05, 0) is 62.8 Å². The molecule has 4 atom stereocenters. The third-order valence-electron chi connectivity index (χ3n) is 8.35. The molecule has 1 spiro atoms. The molecule has 4 heterocycles. The molecule has 1 aromatic rings. The molecule has 31 heavy (non-hydrogen) atoms. The molecule has 4 aliphatic rings. The van der Waals surface area contributed by atoms with Gasteiger partial charge in [-0.1, -0.05) is 19.4 Å². The van der Waals surface area contributed by atoms with Crippen molar-refractivity contribution in [2.45, 2.75) is 69.9 Å². The first-order chi connectivity index (χ1) is 15.1. The van der Waals surface area contributed by atoms with E-state index in [1.54, 1.807) is 6.07 Å². The molecule has 4 unspecified atom stereocenters. The summed E-state index contributed by atoms with van der Waals surface area (Å²) in [5, 5.41) is 2.97. The maximum Gasteiger partial charge on any atom is 0.227 e. The maximum absolute atomic E-state index is 15.4. The fourth-order valence-electron chi connectivity index (χ4n) is 6.66. The molecule has 4 fully saturated rings. The number of halogens is 1. The van der Waals surface area contributed by atoms with Gasteiger partial charge in [-0.2, -0.15) is 0 Å². The smallest absolute Gasteiger partial charge is 0.227 e. The minimum atomic E-state index is -0.511. The summed E-state index contributed by atoms with van der Waals surface area (Å²) in [6, 6.07) is 6.98. The number of anilines is 1. The van der Waals surface area contributed by atoms with Crippen molar-refractivity contribution in [3.63, 3.8) is 0 Å². The predicted octanol–water partition coefficient (Wildman–Crippen LogP) is 3.68. The first-order valence-corrected chi connectivity index (χ1v) is 12.3. The molecule has 1 N–H and O–H groups in total. The molecule has 170 valence electrons. The Morgan fingerprint density at radius 2 is 2.16 bits per heavy atom. The normalized spacial score (nSPS) is 34.1. The van der Waals surface area contributed by atoms with Crippen LogP contribution in [0, 0.1) is 11.2 Å². The van der Waals surface area contributed by atoms with Crippen LogP contribution in [0.25, 0.3) is 0 Å². The average Bonchev–Trinajstić information content (AvgIpc) is 3.50. The van der Waals surface area contributed by atoms with Crippen LogP contribution >= 0.6 is 0 Å². The molecular formula is C25H36FN3O2. The molecule has 0 radical (unpaired) electrons. The molecule has 4 aliphatic heterocycles. The summed E-state index contributed by atoms with van der Waals surface area (Å²) in [6.45, 7) is 7.13. The SMILES string of the molecule is CCCC1CCCN1C1CCN(c2ccc(C3COCCC34CCNC4=O)c(F)c2)C1. The lowest BCUT2D eigenvalue weighted by atomic mass is 9.68. The highest BCUT2D eigenvalue weighted by atomic mass is 19.1. The van der Waals surface area contributed by atoms with Gasteiger partial charge in [0.1, 0.15) is 5.82 Å². The summed E-state index contributed by atoms with van der Waals surface area (Å²) < 4.78 is 21.1. The number of amides is 1. The summed E-state index contributed by atoms with van der Waals surface area (Å²) in [4.78, 5) is 17.7. The van der Waals surface area contributed by atoms with Gasteiger partial charge in [0, 0.05) is 49.9 Å². The Labute approximate surface area is 185 Å². The van der Waals surface area contributed by atoms with E-state index in [2.05, 4.69) is 28.1 Å². The number of hydrogen-bond donors (Lipinski definition) is 1. The van der Waals surface area contributed by atoms with E-state index in [1.165, 1.54) is 32.2 Å². The fraction of sp³-hybridized carbons (Fsp3) is 0.720. The van der Waals surface area contributed by atoms with Crippen LogP contribution in [0.3, 0.4) is 0 Å². The van der Waals surface area contributed by atoms with E-state index in [9.17, 15) is 4.79 Å². The molecule has 5 nitrogen and oxygen atoms in total.